The van der Waals surface area contributed by atoms with Crippen LogP contribution < -0.4 is 10.2 Å². The summed E-state index contributed by atoms with van der Waals surface area (Å²) >= 11 is 0. The highest BCUT2D eigenvalue weighted by Gasteiger charge is 2.17. The molecule has 0 aliphatic carbocycles. The first kappa shape index (κ1) is 12.8. The molecular weight excluding hydrogens is 230 g/mol. The van der Waals surface area contributed by atoms with Crippen LogP contribution in [-0.4, -0.2) is 44.2 Å². The van der Waals surface area contributed by atoms with Crippen molar-refractivity contribution >= 4 is 11.7 Å². The number of hydrogen-bond donors (Lipinski definition) is 1. The second kappa shape index (κ2) is 5.82. The van der Waals surface area contributed by atoms with Crippen molar-refractivity contribution in [2.45, 2.75) is 18.9 Å². The number of nitrogens with one attached hydrogen (secondary N) is 1. The van der Waals surface area contributed by atoms with E-state index in [1.54, 1.807) is 6.07 Å². The number of hydrogen-bond acceptors (Lipinski definition) is 4. The van der Waals surface area contributed by atoms with E-state index in [4.69, 9.17) is 4.74 Å². The molecule has 1 amide bonds. The van der Waals surface area contributed by atoms with Crippen molar-refractivity contribution in [2.75, 3.05) is 32.1 Å². The maximum absolute atomic E-state index is 11.9. The van der Waals surface area contributed by atoms with E-state index in [0.717, 1.165) is 25.3 Å². The van der Waals surface area contributed by atoms with E-state index in [9.17, 15) is 4.79 Å². The zero-order valence-electron chi connectivity index (χ0n) is 10.8. The standard InChI is InChI=1S/C13H19N3O2/c1-16(2)12-7-3-6-11(15-12)13(17)14-9-10-5-4-8-18-10/h3,6-7,10H,4-5,8-9H2,1-2H3,(H,14,17). The average molecular weight is 249 g/mol. The molecule has 98 valence electrons. The Morgan fingerprint density at radius 2 is 2.39 bits per heavy atom. The molecule has 0 bridgehead atoms. The lowest BCUT2D eigenvalue weighted by molar-refractivity contribution is 0.0854. The molecule has 1 atom stereocenters. The van der Waals surface area contributed by atoms with Gasteiger partial charge in [0.25, 0.3) is 5.91 Å². The lowest BCUT2D eigenvalue weighted by Gasteiger charge is -2.13. The van der Waals surface area contributed by atoms with Gasteiger partial charge in [0.2, 0.25) is 0 Å². The predicted molar refractivity (Wildman–Crippen MR) is 69.9 cm³/mol. The Labute approximate surface area is 107 Å². The quantitative estimate of drug-likeness (QED) is 0.867. The highest BCUT2D eigenvalue weighted by molar-refractivity contribution is 5.92. The largest absolute Gasteiger partial charge is 0.376 e. The number of ether oxygens (including phenoxy) is 1. The van der Waals surface area contributed by atoms with E-state index >= 15 is 0 Å². The van der Waals surface area contributed by atoms with Crippen molar-refractivity contribution in [3.63, 3.8) is 0 Å². The molecule has 1 aromatic rings. The van der Waals surface area contributed by atoms with Crippen molar-refractivity contribution in [1.29, 1.82) is 0 Å². The fraction of sp³-hybridized carbons (Fsp3) is 0.538. The van der Waals surface area contributed by atoms with Crippen LogP contribution in [0, 0.1) is 0 Å². The highest BCUT2D eigenvalue weighted by atomic mass is 16.5. The molecule has 2 rings (SSSR count). The maximum atomic E-state index is 11.9. The first-order valence-corrected chi connectivity index (χ1v) is 6.21. The van der Waals surface area contributed by atoms with Crippen LogP contribution in [0.1, 0.15) is 23.3 Å². The van der Waals surface area contributed by atoms with Crippen LogP contribution in [0.3, 0.4) is 0 Å². The van der Waals surface area contributed by atoms with Gasteiger partial charge in [0.1, 0.15) is 11.5 Å². The molecule has 1 unspecified atom stereocenters. The van der Waals surface area contributed by atoms with Gasteiger partial charge in [0, 0.05) is 27.2 Å². The number of carbonyl (C=O) groups is 1. The molecule has 1 saturated heterocycles. The predicted octanol–water partition coefficient (Wildman–Crippen LogP) is 1.06. The van der Waals surface area contributed by atoms with E-state index in [-0.39, 0.29) is 12.0 Å². The smallest absolute Gasteiger partial charge is 0.270 e. The van der Waals surface area contributed by atoms with Crippen molar-refractivity contribution in [3.8, 4) is 0 Å². The van der Waals surface area contributed by atoms with Gasteiger partial charge in [-0.2, -0.15) is 0 Å². The summed E-state index contributed by atoms with van der Waals surface area (Å²) in [7, 11) is 3.80. The van der Waals surface area contributed by atoms with Gasteiger partial charge < -0.3 is 15.0 Å². The van der Waals surface area contributed by atoms with E-state index in [2.05, 4.69) is 10.3 Å². The van der Waals surface area contributed by atoms with Crippen molar-refractivity contribution < 1.29 is 9.53 Å². The Kier molecular flexibility index (Phi) is 4.15. The minimum absolute atomic E-state index is 0.144. The first-order valence-electron chi connectivity index (χ1n) is 6.21. The zero-order chi connectivity index (χ0) is 13.0. The van der Waals surface area contributed by atoms with Gasteiger partial charge in [-0.3, -0.25) is 4.79 Å². The molecule has 0 spiro atoms. The third kappa shape index (κ3) is 3.20. The molecule has 1 aromatic heterocycles. The first-order chi connectivity index (χ1) is 8.66. The van der Waals surface area contributed by atoms with Crippen molar-refractivity contribution in [3.05, 3.63) is 23.9 Å². The van der Waals surface area contributed by atoms with Gasteiger partial charge >= 0.3 is 0 Å². The van der Waals surface area contributed by atoms with E-state index in [0.29, 0.717) is 12.2 Å². The summed E-state index contributed by atoms with van der Waals surface area (Å²) in [6.45, 7) is 1.36. The van der Waals surface area contributed by atoms with Gasteiger partial charge in [-0.1, -0.05) is 6.07 Å². The van der Waals surface area contributed by atoms with Crippen LogP contribution >= 0.6 is 0 Å². The van der Waals surface area contributed by atoms with Crippen LogP contribution in [0.5, 0.6) is 0 Å². The topological polar surface area (TPSA) is 54.5 Å². The molecule has 0 radical (unpaired) electrons. The number of pyridine rings is 1. The fourth-order valence-corrected chi connectivity index (χ4v) is 1.90. The number of amides is 1. The number of anilines is 1. The van der Waals surface area contributed by atoms with Gasteiger partial charge in [-0.05, 0) is 25.0 Å². The van der Waals surface area contributed by atoms with Gasteiger partial charge in [0.05, 0.1) is 6.10 Å². The summed E-state index contributed by atoms with van der Waals surface area (Å²) in [4.78, 5) is 18.1. The second-order valence-electron chi connectivity index (χ2n) is 4.62. The van der Waals surface area contributed by atoms with Crippen molar-refractivity contribution in [1.82, 2.24) is 10.3 Å². The lowest BCUT2D eigenvalue weighted by Crippen LogP contribution is -2.32. The number of rotatable bonds is 4. The molecule has 0 saturated carbocycles. The summed E-state index contributed by atoms with van der Waals surface area (Å²) in [5.74, 6) is 0.633. The van der Waals surface area contributed by atoms with Gasteiger partial charge in [0.15, 0.2) is 0 Å². The normalized spacial score (nSPS) is 18.7. The van der Waals surface area contributed by atoms with E-state index in [1.807, 2.05) is 31.1 Å². The highest BCUT2D eigenvalue weighted by Crippen LogP contribution is 2.11. The molecule has 1 N–H and O–H groups in total. The van der Waals surface area contributed by atoms with Crippen LogP contribution in [0.4, 0.5) is 5.82 Å². The third-order valence-electron chi connectivity index (χ3n) is 2.94. The summed E-state index contributed by atoms with van der Waals surface area (Å²) in [6, 6.07) is 5.43. The molecule has 1 fully saturated rings. The molecular formula is C13H19N3O2. The fourth-order valence-electron chi connectivity index (χ4n) is 1.90. The Morgan fingerprint density at radius 3 is 3.06 bits per heavy atom. The number of carbonyl (C=O) groups excluding carboxylic acids is 1. The minimum atomic E-state index is -0.144. The van der Waals surface area contributed by atoms with Crippen LogP contribution in [0.25, 0.3) is 0 Å². The molecule has 5 nitrogen and oxygen atoms in total. The molecule has 1 aliphatic heterocycles. The molecule has 0 aromatic carbocycles. The monoisotopic (exact) mass is 249 g/mol. The Bertz CT molecular complexity index is 414. The summed E-state index contributed by atoms with van der Waals surface area (Å²) in [5, 5.41) is 2.86. The number of nitrogens with zero attached hydrogens (tertiary/aromatic N) is 2. The van der Waals surface area contributed by atoms with E-state index in [1.165, 1.54) is 0 Å². The van der Waals surface area contributed by atoms with E-state index < -0.39 is 0 Å². The van der Waals surface area contributed by atoms with Crippen LogP contribution in [0.15, 0.2) is 18.2 Å². The molecule has 5 heteroatoms. The zero-order valence-corrected chi connectivity index (χ0v) is 10.8. The Morgan fingerprint density at radius 1 is 1.56 bits per heavy atom. The van der Waals surface area contributed by atoms with Crippen LogP contribution in [-0.2, 0) is 4.74 Å². The Hall–Kier alpha value is -1.62. The summed E-state index contributed by atoms with van der Waals surface area (Å²) in [6.07, 6.45) is 2.26. The molecule has 2 heterocycles. The van der Waals surface area contributed by atoms with Crippen molar-refractivity contribution in [2.24, 2.45) is 0 Å². The SMILES string of the molecule is CN(C)c1cccc(C(=O)NCC2CCCO2)n1. The minimum Gasteiger partial charge on any atom is -0.376 e. The number of aromatic nitrogens is 1. The average Bonchev–Trinajstić information content (AvgIpc) is 2.89. The third-order valence-corrected chi connectivity index (χ3v) is 2.94. The second-order valence-corrected chi connectivity index (χ2v) is 4.62. The van der Waals surface area contributed by atoms with Gasteiger partial charge in [-0.25, -0.2) is 4.98 Å². The Balaban J connectivity index is 1.93. The molecule has 18 heavy (non-hydrogen) atoms. The summed E-state index contributed by atoms with van der Waals surface area (Å²) in [5.41, 5.74) is 0.444. The van der Waals surface area contributed by atoms with Crippen LogP contribution in [0.2, 0.25) is 0 Å². The lowest BCUT2D eigenvalue weighted by atomic mass is 10.2. The van der Waals surface area contributed by atoms with Gasteiger partial charge in [-0.15, -0.1) is 0 Å². The maximum Gasteiger partial charge on any atom is 0.270 e. The molecule has 1 aliphatic rings. The summed E-state index contributed by atoms with van der Waals surface area (Å²) < 4.78 is 5.46.